The molecule has 0 N–H and O–H groups in total. The molecule has 0 unspecified atom stereocenters. The molecule has 0 aliphatic heterocycles. The maximum absolute atomic E-state index is 13.0. The average Bonchev–Trinajstić information content (AvgIpc) is 2.33. The van der Waals surface area contributed by atoms with Gasteiger partial charge in [-0.3, -0.25) is 4.79 Å². The number of allylic oxidation sites excluding steroid dienone is 1. The standard InChI is InChI=1S/C14H17F2NO/c1-4-5-10(2)14(18)17(3)9-11-6-7-12(15)13(16)8-11/h5-8H,4,9H2,1-3H3/b10-5+. The van der Waals surface area contributed by atoms with Crippen molar-refractivity contribution < 1.29 is 13.6 Å². The van der Waals surface area contributed by atoms with E-state index in [2.05, 4.69) is 0 Å². The number of hydrogen-bond donors (Lipinski definition) is 0. The van der Waals surface area contributed by atoms with E-state index in [9.17, 15) is 13.6 Å². The van der Waals surface area contributed by atoms with E-state index in [4.69, 9.17) is 0 Å². The van der Waals surface area contributed by atoms with Crippen LogP contribution in [0.15, 0.2) is 29.8 Å². The zero-order valence-corrected chi connectivity index (χ0v) is 10.8. The van der Waals surface area contributed by atoms with E-state index in [1.54, 1.807) is 14.0 Å². The number of rotatable bonds is 4. The van der Waals surface area contributed by atoms with Crippen LogP contribution in [0, 0.1) is 11.6 Å². The van der Waals surface area contributed by atoms with Crippen LogP contribution in [0.1, 0.15) is 25.8 Å². The quantitative estimate of drug-likeness (QED) is 0.754. The fourth-order valence-electron chi connectivity index (χ4n) is 1.68. The Bertz CT molecular complexity index is 469. The van der Waals surface area contributed by atoms with Crippen LogP contribution < -0.4 is 0 Å². The van der Waals surface area contributed by atoms with Gasteiger partial charge in [-0.1, -0.05) is 19.1 Å². The van der Waals surface area contributed by atoms with Gasteiger partial charge in [-0.05, 0) is 31.0 Å². The zero-order chi connectivity index (χ0) is 13.7. The largest absolute Gasteiger partial charge is 0.338 e. The second-order valence-electron chi connectivity index (χ2n) is 4.21. The molecule has 18 heavy (non-hydrogen) atoms. The van der Waals surface area contributed by atoms with Gasteiger partial charge in [0.05, 0.1) is 0 Å². The number of benzene rings is 1. The van der Waals surface area contributed by atoms with E-state index in [1.807, 2.05) is 13.0 Å². The van der Waals surface area contributed by atoms with Gasteiger partial charge in [-0.25, -0.2) is 8.78 Å². The summed E-state index contributed by atoms with van der Waals surface area (Å²) in [5.41, 5.74) is 1.22. The minimum Gasteiger partial charge on any atom is -0.338 e. The van der Waals surface area contributed by atoms with Crippen molar-refractivity contribution in [2.24, 2.45) is 0 Å². The highest BCUT2D eigenvalue weighted by Gasteiger charge is 2.12. The van der Waals surface area contributed by atoms with Crippen LogP contribution in [0.3, 0.4) is 0 Å². The van der Waals surface area contributed by atoms with E-state index < -0.39 is 11.6 Å². The van der Waals surface area contributed by atoms with Crippen LogP contribution in [0.5, 0.6) is 0 Å². The van der Waals surface area contributed by atoms with Crippen molar-refractivity contribution >= 4 is 5.91 Å². The average molecular weight is 253 g/mol. The highest BCUT2D eigenvalue weighted by atomic mass is 19.2. The van der Waals surface area contributed by atoms with E-state index in [-0.39, 0.29) is 12.5 Å². The van der Waals surface area contributed by atoms with Gasteiger partial charge in [0.15, 0.2) is 11.6 Å². The molecule has 0 fully saturated rings. The van der Waals surface area contributed by atoms with Gasteiger partial charge in [0.1, 0.15) is 0 Å². The van der Waals surface area contributed by atoms with E-state index in [0.717, 1.165) is 18.6 Å². The van der Waals surface area contributed by atoms with Crippen LogP contribution in [0.4, 0.5) is 8.78 Å². The summed E-state index contributed by atoms with van der Waals surface area (Å²) in [5.74, 6) is -1.88. The summed E-state index contributed by atoms with van der Waals surface area (Å²) in [6.07, 6.45) is 2.63. The van der Waals surface area contributed by atoms with E-state index >= 15 is 0 Å². The molecule has 0 radical (unpaired) electrons. The Kier molecular flexibility index (Phi) is 5.01. The summed E-state index contributed by atoms with van der Waals surface area (Å²) in [4.78, 5) is 13.4. The van der Waals surface area contributed by atoms with Crippen molar-refractivity contribution in [3.8, 4) is 0 Å². The Morgan fingerprint density at radius 3 is 2.56 bits per heavy atom. The van der Waals surface area contributed by atoms with Crippen molar-refractivity contribution in [2.75, 3.05) is 7.05 Å². The highest BCUT2D eigenvalue weighted by molar-refractivity contribution is 5.92. The molecule has 0 atom stereocenters. The second-order valence-corrected chi connectivity index (χ2v) is 4.21. The monoisotopic (exact) mass is 253 g/mol. The number of nitrogens with zero attached hydrogens (tertiary/aromatic N) is 1. The number of hydrogen-bond acceptors (Lipinski definition) is 1. The van der Waals surface area contributed by atoms with Crippen molar-refractivity contribution in [3.63, 3.8) is 0 Å². The number of carbonyl (C=O) groups is 1. The first-order valence-electron chi connectivity index (χ1n) is 5.81. The predicted molar refractivity (Wildman–Crippen MR) is 66.9 cm³/mol. The molecule has 1 aromatic carbocycles. The molecule has 0 saturated carbocycles. The minimum atomic E-state index is -0.894. The minimum absolute atomic E-state index is 0.110. The molecule has 1 aromatic rings. The van der Waals surface area contributed by atoms with E-state index in [1.165, 1.54) is 11.0 Å². The third kappa shape index (κ3) is 3.65. The lowest BCUT2D eigenvalue weighted by atomic mass is 10.1. The molecule has 0 heterocycles. The molecule has 0 spiro atoms. The van der Waals surface area contributed by atoms with Gasteiger partial charge in [0.25, 0.3) is 0 Å². The lowest BCUT2D eigenvalue weighted by molar-refractivity contribution is -0.126. The van der Waals surface area contributed by atoms with Crippen molar-refractivity contribution in [3.05, 3.63) is 47.0 Å². The Labute approximate surface area is 106 Å². The first-order valence-corrected chi connectivity index (χ1v) is 5.81. The molecule has 1 amide bonds. The maximum atomic E-state index is 13.0. The first-order chi connectivity index (χ1) is 8.45. The number of halogens is 2. The van der Waals surface area contributed by atoms with Gasteiger partial charge < -0.3 is 4.90 Å². The third-order valence-corrected chi connectivity index (χ3v) is 2.60. The molecule has 0 aliphatic rings. The SMILES string of the molecule is CC/C=C(\C)C(=O)N(C)Cc1ccc(F)c(F)c1. The molecule has 0 aliphatic carbocycles. The summed E-state index contributed by atoms with van der Waals surface area (Å²) in [5, 5.41) is 0. The Balaban J connectivity index is 2.75. The molecule has 0 saturated heterocycles. The number of likely N-dealkylation sites (N-methyl/N-ethyl adjacent to an activating group) is 1. The molecule has 0 aromatic heterocycles. The van der Waals surface area contributed by atoms with Gasteiger partial charge in [0.2, 0.25) is 5.91 Å². The molecular weight excluding hydrogens is 236 g/mol. The zero-order valence-electron chi connectivity index (χ0n) is 10.8. The Hall–Kier alpha value is -1.71. The summed E-state index contributed by atoms with van der Waals surface area (Å²) in [6.45, 7) is 3.95. The molecule has 4 heteroatoms. The second kappa shape index (κ2) is 6.28. The van der Waals surface area contributed by atoms with Gasteiger partial charge in [-0.2, -0.15) is 0 Å². The van der Waals surface area contributed by atoms with Crippen molar-refractivity contribution in [2.45, 2.75) is 26.8 Å². The Morgan fingerprint density at radius 1 is 1.33 bits per heavy atom. The van der Waals surface area contributed by atoms with Gasteiger partial charge in [0, 0.05) is 19.2 Å². The molecule has 0 bridgehead atoms. The third-order valence-electron chi connectivity index (χ3n) is 2.60. The fourth-order valence-corrected chi connectivity index (χ4v) is 1.68. The topological polar surface area (TPSA) is 20.3 Å². The molecule has 1 rings (SSSR count). The Morgan fingerprint density at radius 2 is 2.00 bits per heavy atom. The first kappa shape index (κ1) is 14.4. The summed E-state index contributed by atoms with van der Waals surface area (Å²) in [7, 11) is 1.64. The predicted octanol–water partition coefficient (Wildman–Crippen LogP) is 3.28. The fraction of sp³-hybridized carbons (Fsp3) is 0.357. The molecule has 98 valence electrons. The summed E-state index contributed by atoms with van der Waals surface area (Å²) >= 11 is 0. The van der Waals surface area contributed by atoms with Gasteiger partial charge >= 0.3 is 0 Å². The molecular formula is C14H17F2NO. The maximum Gasteiger partial charge on any atom is 0.249 e. The van der Waals surface area contributed by atoms with Crippen molar-refractivity contribution in [1.82, 2.24) is 4.90 Å². The van der Waals surface area contributed by atoms with Crippen molar-refractivity contribution in [1.29, 1.82) is 0 Å². The van der Waals surface area contributed by atoms with Crippen LogP contribution in [0.25, 0.3) is 0 Å². The number of amides is 1. The summed E-state index contributed by atoms with van der Waals surface area (Å²) in [6, 6.07) is 3.65. The highest BCUT2D eigenvalue weighted by Crippen LogP contribution is 2.11. The smallest absolute Gasteiger partial charge is 0.249 e. The lowest BCUT2D eigenvalue weighted by Gasteiger charge is -2.17. The molecule has 2 nitrogen and oxygen atoms in total. The van der Waals surface area contributed by atoms with Crippen LogP contribution in [-0.2, 0) is 11.3 Å². The van der Waals surface area contributed by atoms with Crippen LogP contribution in [0.2, 0.25) is 0 Å². The van der Waals surface area contributed by atoms with E-state index in [0.29, 0.717) is 11.1 Å². The van der Waals surface area contributed by atoms with Crippen LogP contribution >= 0.6 is 0 Å². The lowest BCUT2D eigenvalue weighted by Crippen LogP contribution is -2.26. The normalized spacial score (nSPS) is 11.5. The summed E-state index contributed by atoms with van der Waals surface area (Å²) < 4.78 is 25.8. The van der Waals surface area contributed by atoms with Gasteiger partial charge in [-0.15, -0.1) is 0 Å². The van der Waals surface area contributed by atoms with Crippen LogP contribution in [-0.4, -0.2) is 17.9 Å². The number of carbonyl (C=O) groups excluding carboxylic acids is 1.